The van der Waals surface area contributed by atoms with Gasteiger partial charge in [0.15, 0.2) is 0 Å². The maximum Gasteiger partial charge on any atom is 0.490 e. The Kier molecular flexibility index (Phi) is 1.82. The topological polar surface area (TPSA) is 34.3 Å². The summed E-state index contributed by atoms with van der Waals surface area (Å²) in [6, 6.07) is -0.0486. The summed E-state index contributed by atoms with van der Waals surface area (Å²) in [4.78, 5) is 14.9. The predicted octanol–water partition coefficient (Wildman–Crippen LogP) is -1.02. The largest absolute Gasteiger partial charge is 0.490 e. The van der Waals surface area contributed by atoms with Crippen LogP contribution in [0.2, 0.25) is 0 Å². The molecule has 1 heterocycles. The Balaban J connectivity index is 2.41. The highest BCUT2D eigenvalue weighted by Crippen LogP contribution is 2.04. The van der Waals surface area contributed by atoms with Crippen LogP contribution in [-0.4, -0.2) is 30.7 Å². The molecule has 1 rings (SSSR count). The van der Waals surface area contributed by atoms with E-state index in [9.17, 15) is 4.79 Å². The average Bonchev–Trinajstić information content (AvgIpc) is 2.37. The van der Waals surface area contributed by atoms with Gasteiger partial charge in [-0.25, -0.2) is 9.89 Å². The second kappa shape index (κ2) is 2.62. The van der Waals surface area contributed by atoms with Crippen LogP contribution >= 0.6 is 0 Å². The molecule has 0 unspecified atom stereocenters. The number of carbonyl (C=O) groups is 1. The van der Waals surface area contributed by atoms with Gasteiger partial charge < -0.3 is 0 Å². The predicted molar refractivity (Wildman–Crippen MR) is 34.3 cm³/mol. The first-order valence-electron chi connectivity index (χ1n) is 3.16. The molecule has 3 heteroatoms. The van der Waals surface area contributed by atoms with Crippen molar-refractivity contribution in [3.8, 4) is 0 Å². The number of hydrogen-bond acceptors (Lipinski definition) is 1. The first kappa shape index (κ1) is 6.26. The second-order valence-electron chi connectivity index (χ2n) is 2.18. The Labute approximate surface area is 54.4 Å². The summed E-state index contributed by atoms with van der Waals surface area (Å²) in [6.45, 7) is 5.07. The summed E-state index contributed by atoms with van der Waals surface area (Å²) in [7, 11) is 0. The van der Waals surface area contributed by atoms with E-state index in [2.05, 4.69) is 11.7 Å². The van der Waals surface area contributed by atoms with E-state index in [0.29, 0.717) is 0 Å². The lowest BCUT2D eigenvalue weighted by molar-refractivity contribution is -0.343. The van der Waals surface area contributed by atoms with Gasteiger partial charge in [-0.15, -0.1) is 0 Å². The minimum atomic E-state index is -0.0486. The van der Waals surface area contributed by atoms with Crippen molar-refractivity contribution >= 4 is 12.7 Å². The van der Waals surface area contributed by atoms with E-state index in [0.717, 1.165) is 25.9 Å². The molecule has 1 aliphatic heterocycles. The fourth-order valence-electron chi connectivity index (χ4n) is 1.03. The molecule has 0 aliphatic carbocycles. The quantitative estimate of drug-likeness (QED) is 0.415. The van der Waals surface area contributed by atoms with Gasteiger partial charge in [0.2, 0.25) is 0 Å². The molecular weight excluding hydrogens is 116 g/mol. The number of carbonyl (C=O) groups excluding carboxylic acids is 1. The lowest BCUT2D eigenvalue weighted by Crippen LogP contribution is -2.75. The molecule has 0 aromatic carbocycles. The third kappa shape index (κ3) is 1.28. The van der Waals surface area contributed by atoms with E-state index in [-0.39, 0.29) is 6.03 Å². The van der Waals surface area contributed by atoms with Crippen molar-refractivity contribution in [2.75, 3.05) is 13.1 Å². The lowest BCUT2D eigenvalue weighted by Gasteiger charge is -2.00. The standard InChI is InChI=1S/C6H10N2O/c1-7-6(9)8-4-2-3-5-8/h1-5H2/p+1. The Morgan fingerprint density at radius 1 is 1.44 bits per heavy atom. The van der Waals surface area contributed by atoms with E-state index >= 15 is 0 Å². The van der Waals surface area contributed by atoms with Crippen LogP contribution in [0.3, 0.4) is 0 Å². The minimum absolute atomic E-state index is 0.0486. The van der Waals surface area contributed by atoms with Crippen LogP contribution in [0.1, 0.15) is 12.8 Å². The smallest absolute Gasteiger partial charge is 0.226 e. The highest BCUT2D eigenvalue weighted by molar-refractivity contribution is 5.65. The first-order chi connectivity index (χ1) is 4.34. The molecule has 9 heavy (non-hydrogen) atoms. The molecule has 0 bridgehead atoms. The lowest BCUT2D eigenvalue weighted by atomic mass is 10.4. The van der Waals surface area contributed by atoms with E-state index in [4.69, 9.17) is 0 Å². The molecule has 1 fully saturated rings. The maximum atomic E-state index is 10.8. The summed E-state index contributed by atoms with van der Waals surface area (Å²) in [5, 5.41) is 0. The Hall–Kier alpha value is -0.860. The molecule has 1 aliphatic rings. The van der Waals surface area contributed by atoms with Crippen molar-refractivity contribution in [1.82, 2.24) is 4.90 Å². The van der Waals surface area contributed by atoms with Gasteiger partial charge in [-0.05, 0) is 12.8 Å². The highest BCUT2D eigenvalue weighted by Gasteiger charge is 2.23. The van der Waals surface area contributed by atoms with Crippen LogP contribution in [-0.2, 0) is 0 Å². The van der Waals surface area contributed by atoms with Crippen LogP contribution in [0.4, 0.5) is 4.79 Å². The molecule has 0 aromatic heterocycles. The monoisotopic (exact) mass is 127 g/mol. The zero-order valence-corrected chi connectivity index (χ0v) is 5.39. The number of nitrogens with zero attached hydrogens (tertiary/aromatic N) is 1. The van der Waals surface area contributed by atoms with Gasteiger partial charge in [-0.2, -0.15) is 4.79 Å². The third-order valence-electron chi connectivity index (χ3n) is 1.54. The summed E-state index contributed by atoms with van der Waals surface area (Å²) in [5.74, 6) is 0. The number of hydrogen-bond donors (Lipinski definition) is 1. The van der Waals surface area contributed by atoms with E-state index in [1.165, 1.54) is 0 Å². The van der Waals surface area contributed by atoms with Crippen molar-refractivity contribution < 1.29 is 9.79 Å². The molecular formula is C6H11N2O+. The molecule has 0 saturated carbocycles. The molecule has 0 aromatic rings. The van der Waals surface area contributed by atoms with Crippen molar-refractivity contribution in [3.63, 3.8) is 0 Å². The number of rotatable bonds is 0. The average molecular weight is 127 g/mol. The number of amides is 2. The Morgan fingerprint density at radius 2 is 2.00 bits per heavy atom. The van der Waals surface area contributed by atoms with Gasteiger partial charge in [0.05, 0.1) is 19.8 Å². The van der Waals surface area contributed by atoms with Gasteiger partial charge in [0.1, 0.15) is 0 Å². The van der Waals surface area contributed by atoms with Gasteiger partial charge >= 0.3 is 6.03 Å². The first-order valence-corrected chi connectivity index (χ1v) is 3.16. The van der Waals surface area contributed by atoms with Gasteiger partial charge in [-0.3, -0.25) is 0 Å². The Bertz CT molecular complexity index is 127. The minimum Gasteiger partial charge on any atom is -0.226 e. The highest BCUT2D eigenvalue weighted by atomic mass is 16.2. The summed E-state index contributed by atoms with van der Waals surface area (Å²) in [6.07, 6.45) is 2.26. The molecule has 50 valence electrons. The van der Waals surface area contributed by atoms with Crippen molar-refractivity contribution in [3.05, 3.63) is 0 Å². The van der Waals surface area contributed by atoms with Crippen LogP contribution in [0, 0.1) is 0 Å². The molecule has 0 spiro atoms. The summed E-state index contributed by atoms with van der Waals surface area (Å²) < 4.78 is 0. The van der Waals surface area contributed by atoms with Gasteiger partial charge in [0, 0.05) is 0 Å². The normalized spacial score (nSPS) is 18.0. The van der Waals surface area contributed by atoms with Crippen LogP contribution in [0.25, 0.3) is 0 Å². The molecule has 1 N–H and O–H groups in total. The van der Waals surface area contributed by atoms with E-state index in [1.807, 2.05) is 0 Å². The number of likely N-dealkylation sites (tertiary alicyclic amines) is 1. The van der Waals surface area contributed by atoms with Gasteiger partial charge in [0.25, 0.3) is 0 Å². The molecule has 0 radical (unpaired) electrons. The summed E-state index contributed by atoms with van der Waals surface area (Å²) >= 11 is 0. The maximum absolute atomic E-state index is 10.8. The molecule has 1 saturated heterocycles. The van der Waals surface area contributed by atoms with Crippen molar-refractivity contribution in [2.45, 2.75) is 12.8 Å². The zero-order valence-electron chi connectivity index (χ0n) is 5.39. The molecule has 3 nitrogen and oxygen atoms in total. The summed E-state index contributed by atoms with van der Waals surface area (Å²) in [5.41, 5.74) is 0. The van der Waals surface area contributed by atoms with Crippen LogP contribution in [0.5, 0.6) is 0 Å². The SMILES string of the molecule is C=[NH+]C(=O)N1CCCC1. The molecule has 0 atom stereocenters. The van der Waals surface area contributed by atoms with Crippen LogP contribution in [0.15, 0.2) is 0 Å². The molecule has 2 amide bonds. The number of nitrogens with one attached hydrogen (secondary N) is 1. The van der Waals surface area contributed by atoms with Gasteiger partial charge in [-0.1, -0.05) is 0 Å². The third-order valence-corrected chi connectivity index (χ3v) is 1.54. The fourth-order valence-corrected chi connectivity index (χ4v) is 1.03. The van der Waals surface area contributed by atoms with Crippen LogP contribution < -0.4 is 4.99 Å². The second-order valence-corrected chi connectivity index (χ2v) is 2.18. The van der Waals surface area contributed by atoms with Crippen molar-refractivity contribution in [2.24, 2.45) is 0 Å². The fraction of sp³-hybridized carbons (Fsp3) is 0.667. The van der Waals surface area contributed by atoms with E-state index < -0.39 is 0 Å². The van der Waals surface area contributed by atoms with Crippen molar-refractivity contribution in [1.29, 1.82) is 0 Å². The Morgan fingerprint density at radius 3 is 2.44 bits per heavy atom. The zero-order chi connectivity index (χ0) is 6.69. The van der Waals surface area contributed by atoms with E-state index in [1.54, 1.807) is 4.90 Å². The number of urea groups is 1.